The van der Waals surface area contributed by atoms with Gasteiger partial charge < -0.3 is 15.8 Å². The van der Waals surface area contributed by atoms with Gasteiger partial charge in [-0.3, -0.25) is 20.6 Å². The standard InChI is InChI=1S/C20H23N7O2/c1-2-3-11-29-16-8-6-15(7-9-16)25-18-17(21)19(24-13-23-18)26-27-20(28)14-5-4-10-22-12-14/h4-10,12-13H,2-3,11,21H2,1H3,(H,27,28)(H2,23,24,25,26). The summed E-state index contributed by atoms with van der Waals surface area (Å²) >= 11 is 0. The van der Waals surface area contributed by atoms with Gasteiger partial charge in [-0.15, -0.1) is 0 Å². The molecule has 0 aliphatic carbocycles. The molecule has 0 unspecified atom stereocenters. The molecule has 0 aliphatic rings. The van der Waals surface area contributed by atoms with Crippen LogP contribution in [0.15, 0.2) is 55.1 Å². The highest BCUT2D eigenvalue weighted by molar-refractivity contribution is 5.94. The van der Waals surface area contributed by atoms with E-state index in [1.165, 1.54) is 12.5 Å². The van der Waals surface area contributed by atoms with Gasteiger partial charge in [0.1, 0.15) is 17.8 Å². The lowest BCUT2D eigenvalue weighted by Gasteiger charge is -2.13. The molecule has 3 rings (SSSR count). The van der Waals surface area contributed by atoms with Crippen LogP contribution in [0.2, 0.25) is 0 Å². The van der Waals surface area contributed by atoms with Crippen LogP contribution in [0.25, 0.3) is 0 Å². The summed E-state index contributed by atoms with van der Waals surface area (Å²) in [7, 11) is 0. The summed E-state index contributed by atoms with van der Waals surface area (Å²) in [5, 5.41) is 3.13. The number of carbonyl (C=O) groups is 1. The second-order valence-corrected chi connectivity index (χ2v) is 6.16. The third-order valence-electron chi connectivity index (χ3n) is 3.99. The maximum absolute atomic E-state index is 12.1. The molecule has 1 aromatic carbocycles. The first-order valence-corrected chi connectivity index (χ1v) is 9.24. The summed E-state index contributed by atoms with van der Waals surface area (Å²) in [6.45, 7) is 2.82. The lowest BCUT2D eigenvalue weighted by molar-refractivity contribution is 0.0962. The Labute approximate surface area is 168 Å². The number of hydrogen-bond acceptors (Lipinski definition) is 8. The van der Waals surface area contributed by atoms with Crippen LogP contribution in [-0.4, -0.2) is 27.5 Å². The molecule has 0 bridgehead atoms. The van der Waals surface area contributed by atoms with Crippen LogP contribution in [0.3, 0.4) is 0 Å². The minimum Gasteiger partial charge on any atom is -0.494 e. The van der Waals surface area contributed by atoms with Gasteiger partial charge in [0.05, 0.1) is 12.2 Å². The molecule has 2 aromatic heterocycles. The van der Waals surface area contributed by atoms with Gasteiger partial charge in [0.15, 0.2) is 11.6 Å². The Bertz CT molecular complexity index is 933. The topological polar surface area (TPSA) is 127 Å². The van der Waals surface area contributed by atoms with Crippen LogP contribution in [0.4, 0.5) is 23.0 Å². The number of hydrazine groups is 1. The average Bonchev–Trinajstić information content (AvgIpc) is 2.76. The highest BCUT2D eigenvalue weighted by atomic mass is 16.5. The second-order valence-electron chi connectivity index (χ2n) is 6.16. The van der Waals surface area contributed by atoms with Crippen molar-refractivity contribution in [2.24, 2.45) is 0 Å². The lowest BCUT2D eigenvalue weighted by Crippen LogP contribution is -2.30. The normalized spacial score (nSPS) is 10.2. The van der Waals surface area contributed by atoms with Gasteiger partial charge in [0, 0.05) is 18.1 Å². The van der Waals surface area contributed by atoms with Crippen LogP contribution in [0.5, 0.6) is 5.75 Å². The molecule has 0 aliphatic heterocycles. The Kier molecular flexibility index (Phi) is 6.77. The van der Waals surface area contributed by atoms with E-state index in [1.54, 1.807) is 18.3 Å². The Hall–Kier alpha value is -3.88. The number of anilines is 4. The fourth-order valence-electron chi connectivity index (χ4n) is 2.39. The molecule has 29 heavy (non-hydrogen) atoms. The average molecular weight is 393 g/mol. The third kappa shape index (κ3) is 5.55. The van der Waals surface area contributed by atoms with Gasteiger partial charge in [-0.25, -0.2) is 9.97 Å². The number of benzene rings is 1. The number of unbranched alkanes of at least 4 members (excludes halogenated alkanes) is 1. The van der Waals surface area contributed by atoms with Crippen molar-refractivity contribution in [1.29, 1.82) is 0 Å². The molecule has 0 saturated heterocycles. The van der Waals surface area contributed by atoms with E-state index in [4.69, 9.17) is 10.5 Å². The number of pyridine rings is 1. The van der Waals surface area contributed by atoms with E-state index in [-0.39, 0.29) is 17.4 Å². The highest BCUT2D eigenvalue weighted by Gasteiger charge is 2.10. The van der Waals surface area contributed by atoms with Crippen molar-refractivity contribution in [3.63, 3.8) is 0 Å². The molecule has 0 atom stereocenters. The lowest BCUT2D eigenvalue weighted by atomic mass is 10.3. The number of nitrogens with two attached hydrogens (primary N) is 1. The smallest absolute Gasteiger partial charge is 0.271 e. The van der Waals surface area contributed by atoms with Crippen LogP contribution >= 0.6 is 0 Å². The minimum absolute atomic E-state index is 0.266. The molecular formula is C20H23N7O2. The van der Waals surface area contributed by atoms with Crippen LogP contribution < -0.4 is 26.6 Å². The number of carbonyl (C=O) groups excluding carboxylic acids is 1. The molecular weight excluding hydrogens is 370 g/mol. The van der Waals surface area contributed by atoms with E-state index in [9.17, 15) is 4.79 Å². The monoisotopic (exact) mass is 393 g/mol. The fraction of sp³-hybridized carbons (Fsp3) is 0.200. The van der Waals surface area contributed by atoms with Crippen LogP contribution in [-0.2, 0) is 0 Å². The molecule has 0 saturated carbocycles. The van der Waals surface area contributed by atoms with E-state index < -0.39 is 0 Å². The fourth-order valence-corrected chi connectivity index (χ4v) is 2.39. The molecule has 5 N–H and O–H groups in total. The van der Waals surface area contributed by atoms with E-state index in [2.05, 4.69) is 38.0 Å². The first kappa shape index (κ1) is 19.9. The number of rotatable bonds is 9. The van der Waals surface area contributed by atoms with Crippen LogP contribution in [0, 0.1) is 0 Å². The predicted octanol–water partition coefficient (Wildman–Crippen LogP) is 3.13. The first-order valence-electron chi connectivity index (χ1n) is 9.24. The maximum Gasteiger partial charge on any atom is 0.271 e. The van der Waals surface area contributed by atoms with Crippen molar-refractivity contribution in [3.05, 3.63) is 60.7 Å². The first-order chi connectivity index (χ1) is 14.2. The Balaban J connectivity index is 1.62. The zero-order valence-corrected chi connectivity index (χ0v) is 16.1. The summed E-state index contributed by atoms with van der Waals surface area (Å²) in [5.74, 6) is 1.14. The number of amides is 1. The number of nitrogen functional groups attached to an aromatic ring is 1. The molecule has 0 fully saturated rings. The van der Waals surface area contributed by atoms with Crippen molar-refractivity contribution in [3.8, 4) is 5.75 Å². The Morgan fingerprint density at radius 1 is 1.14 bits per heavy atom. The molecule has 0 radical (unpaired) electrons. The van der Waals surface area contributed by atoms with Gasteiger partial charge in [0.25, 0.3) is 5.91 Å². The van der Waals surface area contributed by atoms with E-state index >= 15 is 0 Å². The quantitative estimate of drug-likeness (QED) is 0.322. The Morgan fingerprint density at radius 2 is 1.93 bits per heavy atom. The van der Waals surface area contributed by atoms with Crippen molar-refractivity contribution in [2.75, 3.05) is 23.1 Å². The molecule has 1 amide bonds. The summed E-state index contributed by atoms with van der Waals surface area (Å²) in [4.78, 5) is 24.2. The second kappa shape index (κ2) is 9.88. The number of nitrogens with one attached hydrogen (secondary N) is 3. The molecule has 9 nitrogen and oxygen atoms in total. The summed E-state index contributed by atoms with van der Waals surface area (Å²) in [5.41, 5.74) is 12.8. The third-order valence-corrected chi connectivity index (χ3v) is 3.99. The molecule has 9 heteroatoms. The van der Waals surface area contributed by atoms with Crippen molar-refractivity contribution < 1.29 is 9.53 Å². The SMILES string of the molecule is CCCCOc1ccc(Nc2ncnc(NNC(=O)c3cccnc3)c2N)cc1. The number of ether oxygens (including phenoxy) is 1. The minimum atomic E-state index is -0.357. The van der Waals surface area contributed by atoms with E-state index in [0.29, 0.717) is 18.0 Å². The van der Waals surface area contributed by atoms with Gasteiger partial charge in [-0.05, 0) is 42.8 Å². The zero-order chi connectivity index (χ0) is 20.5. The highest BCUT2D eigenvalue weighted by Crippen LogP contribution is 2.26. The molecule has 3 aromatic rings. The number of aromatic nitrogens is 3. The zero-order valence-electron chi connectivity index (χ0n) is 16.1. The molecule has 2 heterocycles. The van der Waals surface area contributed by atoms with Gasteiger partial charge >= 0.3 is 0 Å². The summed E-state index contributed by atoms with van der Waals surface area (Å²) < 4.78 is 5.65. The van der Waals surface area contributed by atoms with E-state index in [1.807, 2.05) is 24.3 Å². The van der Waals surface area contributed by atoms with Crippen molar-refractivity contribution in [2.45, 2.75) is 19.8 Å². The predicted molar refractivity (Wildman–Crippen MR) is 112 cm³/mol. The van der Waals surface area contributed by atoms with Gasteiger partial charge in [-0.2, -0.15) is 0 Å². The van der Waals surface area contributed by atoms with Crippen molar-refractivity contribution >= 4 is 28.9 Å². The largest absolute Gasteiger partial charge is 0.494 e. The Morgan fingerprint density at radius 3 is 2.66 bits per heavy atom. The summed E-state index contributed by atoms with van der Waals surface area (Å²) in [6.07, 6.45) is 6.51. The van der Waals surface area contributed by atoms with Gasteiger partial charge in [0.2, 0.25) is 0 Å². The molecule has 150 valence electrons. The van der Waals surface area contributed by atoms with Crippen molar-refractivity contribution in [1.82, 2.24) is 20.4 Å². The summed E-state index contributed by atoms with van der Waals surface area (Å²) in [6, 6.07) is 10.8. The number of hydrogen-bond donors (Lipinski definition) is 4. The van der Waals surface area contributed by atoms with Gasteiger partial charge in [-0.1, -0.05) is 13.3 Å². The van der Waals surface area contributed by atoms with E-state index in [0.717, 1.165) is 24.3 Å². The molecule has 0 spiro atoms. The van der Waals surface area contributed by atoms with Crippen LogP contribution in [0.1, 0.15) is 30.1 Å². The number of nitrogens with zero attached hydrogens (tertiary/aromatic N) is 3. The maximum atomic E-state index is 12.1.